The molecule has 0 radical (unpaired) electrons. The first-order chi connectivity index (χ1) is 17.6. The molecule has 2 aliphatic heterocycles. The van der Waals surface area contributed by atoms with Crippen LogP contribution in [0.25, 0.3) is 0 Å². The lowest BCUT2D eigenvalue weighted by molar-refractivity contribution is -0.121. The lowest BCUT2D eigenvalue weighted by Gasteiger charge is -2.47. The number of rotatable bonds is 12. The van der Waals surface area contributed by atoms with Crippen molar-refractivity contribution in [2.45, 2.75) is 70.3 Å². The van der Waals surface area contributed by atoms with E-state index in [4.69, 9.17) is 28.3 Å². The summed E-state index contributed by atoms with van der Waals surface area (Å²) in [5, 5.41) is 9.13. The van der Waals surface area contributed by atoms with Crippen LogP contribution >= 0.6 is 15.9 Å². The predicted molar refractivity (Wildman–Crippen MR) is 138 cm³/mol. The van der Waals surface area contributed by atoms with Crippen molar-refractivity contribution >= 4 is 15.9 Å². The Balaban J connectivity index is 2.12. The molecule has 1 N–H and O–H groups in total. The molecule has 2 bridgehead atoms. The second-order valence-electron chi connectivity index (χ2n) is 9.32. The van der Waals surface area contributed by atoms with Gasteiger partial charge >= 0.3 is 13.3 Å². The first-order valence-corrected chi connectivity index (χ1v) is 15.0. The molecule has 2 saturated heterocycles. The Morgan fingerprint density at radius 2 is 1.97 bits per heavy atom. The van der Waals surface area contributed by atoms with Gasteiger partial charge < -0.3 is 23.0 Å². The minimum absolute atomic E-state index is 0.126. The molecule has 1 aromatic heterocycles. The minimum Gasteiger partial charge on any atom is -0.372 e. The number of aromatic nitrogens is 2. The summed E-state index contributed by atoms with van der Waals surface area (Å²) >= 11 is 0. The molecule has 6 atom stereocenters. The molecule has 3 rings (SSSR count). The van der Waals surface area contributed by atoms with Gasteiger partial charge in [-0.3, -0.25) is 23.6 Å². The predicted octanol–water partition coefficient (Wildman–Crippen LogP) is 3.18. The smallest absolute Gasteiger partial charge is 0.353 e. The third kappa shape index (κ3) is 6.67. The maximum absolute atomic E-state index is 12.8. The van der Waals surface area contributed by atoms with Gasteiger partial charge in [0.2, 0.25) is 0 Å². The van der Waals surface area contributed by atoms with Gasteiger partial charge in [0, 0.05) is 50.3 Å². The summed E-state index contributed by atoms with van der Waals surface area (Å²) in [4.78, 5) is 26.8. The number of ether oxygens (including phenoxy) is 2. The Morgan fingerprint density at radius 1 is 1.30 bits per heavy atom. The summed E-state index contributed by atoms with van der Waals surface area (Å²) < 4.78 is 45.4. The standard InChI is InChI=1S/C23H36N4O8P2/c1-15(2)27(16(3)4)36(34-12-7-10-24)21-17-14-33-20(21)22(26-11-8-19(28)25-23(26)29)35-18(17)9-13-37(30,31-5)32-6/h8-9,11,13,15-18,20-22H,7,12,14H2,1-6H3,(H,25,28,29)/b13-9+/t17?,18?,20-,21-,22?,36?/m1/s1. The Hall–Kier alpha value is -1.67. The molecule has 0 amide bonds. The summed E-state index contributed by atoms with van der Waals surface area (Å²) in [5.74, 6) is 1.15. The van der Waals surface area contributed by atoms with Gasteiger partial charge in [-0.25, -0.2) is 4.79 Å². The van der Waals surface area contributed by atoms with E-state index in [1.165, 1.54) is 36.9 Å². The van der Waals surface area contributed by atoms with E-state index in [0.29, 0.717) is 6.61 Å². The third-order valence-corrected chi connectivity index (χ3v) is 10.9. The number of nitriles is 1. The highest BCUT2D eigenvalue weighted by atomic mass is 31.2. The number of nitrogens with zero attached hydrogens (tertiary/aromatic N) is 3. The van der Waals surface area contributed by atoms with Crippen molar-refractivity contribution in [1.29, 1.82) is 5.26 Å². The van der Waals surface area contributed by atoms with E-state index in [0.717, 1.165) is 0 Å². The van der Waals surface area contributed by atoms with Crippen LogP contribution < -0.4 is 11.2 Å². The van der Waals surface area contributed by atoms with Crippen LogP contribution in [0.3, 0.4) is 0 Å². The van der Waals surface area contributed by atoms with Crippen LogP contribution in [0.2, 0.25) is 0 Å². The molecule has 12 nitrogen and oxygen atoms in total. The normalized spacial score (nSPS) is 26.9. The minimum atomic E-state index is -3.48. The van der Waals surface area contributed by atoms with Crippen LogP contribution in [0, 0.1) is 17.2 Å². The molecule has 2 aliphatic rings. The molecular weight excluding hydrogens is 522 g/mol. The van der Waals surface area contributed by atoms with Crippen LogP contribution in [0.15, 0.2) is 33.7 Å². The fraction of sp³-hybridized carbons (Fsp3) is 0.696. The lowest BCUT2D eigenvalue weighted by atomic mass is 9.94. The van der Waals surface area contributed by atoms with Crippen LogP contribution in [0.4, 0.5) is 0 Å². The molecular formula is C23H36N4O8P2. The van der Waals surface area contributed by atoms with E-state index in [1.54, 1.807) is 6.08 Å². The second kappa shape index (κ2) is 12.9. The highest BCUT2D eigenvalue weighted by Crippen LogP contribution is 2.60. The zero-order chi connectivity index (χ0) is 27.3. The maximum Gasteiger partial charge on any atom is 0.353 e. The number of fused-ring (bicyclic) bond motifs is 2. The van der Waals surface area contributed by atoms with E-state index in [-0.39, 0.29) is 36.7 Å². The fourth-order valence-electron chi connectivity index (χ4n) is 4.80. The van der Waals surface area contributed by atoms with Crippen LogP contribution in [-0.4, -0.2) is 71.6 Å². The number of hydrogen-bond acceptors (Lipinski definition) is 10. The first kappa shape index (κ1) is 29.9. The monoisotopic (exact) mass is 558 g/mol. The summed E-state index contributed by atoms with van der Waals surface area (Å²) in [6, 6.07) is 3.63. The number of nitrogens with one attached hydrogen (secondary N) is 1. The number of hydrogen-bond donors (Lipinski definition) is 1. The highest BCUT2D eigenvalue weighted by Gasteiger charge is 2.57. The summed E-state index contributed by atoms with van der Waals surface area (Å²) in [5.41, 5.74) is -1.38. The van der Waals surface area contributed by atoms with Gasteiger partial charge in [-0.2, -0.15) is 5.26 Å². The first-order valence-electron chi connectivity index (χ1n) is 12.1. The largest absolute Gasteiger partial charge is 0.372 e. The van der Waals surface area contributed by atoms with Crippen LogP contribution in [0.5, 0.6) is 0 Å². The van der Waals surface area contributed by atoms with Gasteiger partial charge in [-0.1, -0.05) is 0 Å². The topological polar surface area (TPSA) is 145 Å². The SMILES string of the molecule is COP(=O)(/C=C/C1OC(n2ccc(=O)[nH]c2=O)[C@@H]2OCC1[C@H]2P(OCCC#N)N(C(C)C)C(C)C)OC. The Labute approximate surface area is 217 Å². The van der Waals surface area contributed by atoms with Gasteiger partial charge in [0.1, 0.15) is 14.4 Å². The van der Waals surface area contributed by atoms with E-state index in [2.05, 4.69) is 43.4 Å². The van der Waals surface area contributed by atoms with Crippen LogP contribution in [-0.2, 0) is 27.6 Å². The molecule has 3 heterocycles. The van der Waals surface area contributed by atoms with E-state index in [1.807, 2.05) is 0 Å². The molecule has 0 spiro atoms. The Morgan fingerprint density at radius 3 is 2.54 bits per heavy atom. The molecule has 0 saturated carbocycles. The average molecular weight is 559 g/mol. The molecule has 4 unspecified atom stereocenters. The summed E-state index contributed by atoms with van der Waals surface area (Å²) in [6.45, 7) is 8.90. The van der Waals surface area contributed by atoms with Crippen molar-refractivity contribution in [3.05, 3.63) is 45.0 Å². The zero-order valence-electron chi connectivity index (χ0n) is 22.0. The van der Waals surface area contributed by atoms with Crippen molar-refractivity contribution < 1.29 is 27.6 Å². The average Bonchev–Trinajstić information content (AvgIpc) is 3.19. The van der Waals surface area contributed by atoms with Gasteiger partial charge in [0.25, 0.3) is 5.56 Å². The Bertz CT molecular complexity index is 1130. The van der Waals surface area contributed by atoms with Gasteiger partial charge in [-0.05, 0) is 33.8 Å². The zero-order valence-corrected chi connectivity index (χ0v) is 23.8. The molecule has 206 valence electrons. The van der Waals surface area contributed by atoms with Crippen molar-refractivity contribution in [2.24, 2.45) is 5.92 Å². The van der Waals surface area contributed by atoms with Crippen molar-refractivity contribution in [3.63, 3.8) is 0 Å². The second-order valence-corrected chi connectivity index (χ2v) is 13.3. The fourth-order valence-corrected chi connectivity index (χ4v) is 8.44. The van der Waals surface area contributed by atoms with E-state index < -0.39 is 45.6 Å². The lowest BCUT2D eigenvalue weighted by Crippen LogP contribution is -2.51. The highest BCUT2D eigenvalue weighted by molar-refractivity contribution is 7.57. The molecule has 14 heteroatoms. The number of H-pyrrole nitrogens is 1. The molecule has 0 aliphatic carbocycles. The van der Waals surface area contributed by atoms with Crippen molar-refractivity contribution in [2.75, 3.05) is 27.4 Å². The van der Waals surface area contributed by atoms with Gasteiger partial charge in [0.05, 0.1) is 37.5 Å². The maximum atomic E-state index is 12.8. The van der Waals surface area contributed by atoms with Crippen molar-refractivity contribution in [3.8, 4) is 6.07 Å². The van der Waals surface area contributed by atoms with Gasteiger partial charge in [0.15, 0.2) is 6.23 Å². The third-order valence-electron chi connectivity index (χ3n) is 6.33. The van der Waals surface area contributed by atoms with Crippen molar-refractivity contribution in [1.82, 2.24) is 14.2 Å². The quantitative estimate of drug-likeness (QED) is 0.300. The van der Waals surface area contributed by atoms with Crippen LogP contribution in [0.1, 0.15) is 40.3 Å². The molecule has 37 heavy (non-hydrogen) atoms. The Kier molecular flexibility index (Phi) is 10.4. The molecule has 1 aromatic rings. The molecule has 0 aromatic carbocycles. The van der Waals surface area contributed by atoms with Gasteiger partial charge in [-0.15, -0.1) is 0 Å². The molecule has 2 fully saturated rings. The number of aromatic amines is 1. The summed E-state index contributed by atoms with van der Waals surface area (Å²) in [6.07, 6.45) is 1.15. The van der Waals surface area contributed by atoms with E-state index >= 15 is 0 Å². The van der Waals surface area contributed by atoms with E-state index in [9.17, 15) is 14.2 Å². The summed E-state index contributed by atoms with van der Waals surface area (Å²) in [7, 11) is -2.23.